The first kappa shape index (κ1) is 17.5. The summed E-state index contributed by atoms with van der Waals surface area (Å²) in [5.74, 6) is -0.915. The quantitative estimate of drug-likeness (QED) is 0.856. The lowest BCUT2D eigenvalue weighted by molar-refractivity contribution is -0.137. The lowest BCUT2D eigenvalue weighted by atomic mass is 10.0. The molecule has 126 valence electrons. The zero-order chi connectivity index (χ0) is 17.5. The number of carbonyl (C=O) groups is 2. The Morgan fingerprint density at radius 2 is 1.79 bits per heavy atom. The van der Waals surface area contributed by atoms with Crippen LogP contribution in [-0.2, 0) is 11.3 Å². The smallest absolute Gasteiger partial charge is 0.317 e. The van der Waals surface area contributed by atoms with E-state index >= 15 is 0 Å². The van der Waals surface area contributed by atoms with Crippen molar-refractivity contribution in [3.05, 3.63) is 59.7 Å². The highest BCUT2D eigenvalue weighted by Gasteiger charge is 2.09. The maximum atomic E-state index is 11.9. The van der Waals surface area contributed by atoms with Crippen molar-refractivity contribution in [2.75, 3.05) is 13.6 Å². The minimum Gasteiger partial charge on any atom is -0.481 e. The van der Waals surface area contributed by atoms with Crippen molar-refractivity contribution in [3.8, 4) is 11.1 Å². The second kappa shape index (κ2) is 8.15. The number of benzene rings is 2. The Bertz CT molecular complexity index is 711. The van der Waals surface area contributed by atoms with Crippen LogP contribution in [0.1, 0.15) is 17.5 Å². The SMILES string of the molecule is Cc1cccc(-c2ccc(CNC(=O)N(C)CCC(=O)O)cc2)c1. The lowest BCUT2D eigenvalue weighted by Crippen LogP contribution is -2.37. The summed E-state index contributed by atoms with van der Waals surface area (Å²) in [5.41, 5.74) is 4.51. The molecule has 0 radical (unpaired) electrons. The largest absolute Gasteiger partial charge is 0.481 e. The van der Waals surface area contributed by atoms with Crippen LogP contribution in [0.25, 0.3) is 11.1 Å². The minimum atomic E-state index is -0.915. The first-order chi connectivity index (χ1) is 11.5. The molecule has 0 aliphatic heterocycles. The Hall–Kier alpha value is -2.82. The number of nitrogens with zero attached hydrogens (tertiary/aromatic N) is 1. The van der Waals surface area contributed by atoms with E-state index in [9.17, 15) is 9.59 Å². The third-order valence-electron chi connectivity index (χ3n) is 3.76. The van der Waals surface area contributed by atoms with Gasteiger partial charge in [0.25, 0.3) is 0 Å². The fourth-order valence-electron chi connectivity index (χ4n) is 2.32. The molecule has 24 heavy (non-hydrogen) atoms. The van der Waals surface area contributed by atoms with Crippen LogP contribution < -0.4 is 5.32 Å². The molecule has 0 bridgehead atoms. The van der Waals surface area contributed by atoms with Crippen LogP contribution in [0.4, 0.5) is 4.79 Å². The van der Waals surface area contributed by atoms with E-state index in [-0.39, 0.29) is 19.0 Å². The summed E-state index contributed by atoms with van der Waals surface area (Å²) in [6, 6.07) is 16.0. The van der Waals surface area contributed by atoms with Crippen LogP contribution in [0.2, 0.25) is 0 Å². The van der Waals surface area contributed by atoms with Crippen LogP contribution in [0.15, 0.2) is 48.5 Å². The Balaban J connectivity index is 1.90. The molecule has 0 unspecified atom stereocenters. The number of hydrogen-bond donors (Lipinski definition) is 2. The molecule has 0 heterocycles. The Labute approximate surface area is 141 Å². The summed E-state index contributed by atoms with van der Waals surface area (Å²) in [4.78, 5) is 23.8. The summed E-state index contributed by atoms with van der Waals surface area (Å²) >= 11 is 0. The third kappa shape index (κ3) is 5.12. The molecule has 0 aliphatic rings. The predicted octanol–water partition coefficient (Wildman–Crippen LogP) is 3.28. The van der Waals surface area contributed by atoms with Crippen LogP contribution in [-0.4, -0.2) is 35.6 Å². The van der Waals surface area contributed by atoms with E-state index in [2.05, 4.69) is 30.4 Å². The van der Waals surface area contributed by atoms with Gasteiger partial charge in [-0.3, -0.25) is 4.79 Å². The highest BCUT2D eigenvalue weighted by molar-refractivity contribution is 5.75. The molecule has 2 N–H and O–H groups in total. The fourth-order valence-corrected chi connectivity index (χ4v) is 2.32. The van der Waals surface area contributed by atoms with Crippen molar-refractivity contribution in [2.24, 2.45) is 0 Å². The molecule has 5 heteroatoms. The molecule has 0 atom stereocenters. The first-order valence-corrected chi connectivity index (χ1v) is 7.82. The highest BCUT2D eigenvalue weighted by atomic mass is 16.4. The van der Waals surface area contributed by atoms with Gasteiger partial charge in [0.2, 0.25) is 0 Å². The topological polar surface area (TPSA) is 69.6 Å². The van der Waals surface area contributed by atoms with Gasteiger partial charge < -0.3 is 15.3 Å². The van der Waals surface area contributed by atoms with Crippen LogP contribution in [0.5, 0.6) is 0 Å². The van der Waals surface area contributed by atoms with E-state index in [0.29, 0.717) is 6.54 Å². The summed E-state index contributed by atoms with van der Waals surface area (Å²) in [7, 11) is 1.58. The first-order valence-electron chi connectivity index (χ1n) is 7.82. The molecule has 0 spiro atoms. The van der Waals surface area contributed by atoms with Crippen molar-refractivity contribution in [1.29, 1.82) is 0 Å². The van der Waals surface area contributed by atoms with E-state index in [0.717, 1.165) is 11.1 Å². The van der Waals surface area contributed by atoms with Crippen molar-refractivity contribution in [1.82, 2.24) is 10.2 Å². The van der Waals surface area contributed by atoms with E-state index in [4.69, 9.17) is 5.11 Å². The molecule has 2 rings (SSSR count). The van der Waals surface area contributed by atoms with Gasteiger partial charge in [-0.25, -0.2) is 4.79 Å². The number of amides is 2. The zero-order valence-electron chi connectivity index (χ0n) is 14.0. The summed E-state index contributed by atoms with van der Waals surface area (Å²) in [6.45, 7) is 2.66. The van der Waals surface area contributed by atoms with Crippen molar-refractivity contribution < 1.29 is 14.7 Å². The number of aryl methyl sites for hydroxylation is 1. The Morgan fingerprint density at radius 3 is 2.42 bits per heavy atom. The van der Waals surface area contributed by atoms with Gasteiger partial charge in [-0.15, -0.1) is 0 Å². The highest BCUT2D eigenvalue weighted by Crippen LogP contribution is 2.20. The normalized spacial score (nSPS) is 10.2. The maximum Gasteiger partial charge on any atom is 0.317 e. The number of carbonyl (C=O) groups excluding carboxylic acids is 1. The van der Waals surface area contributed by atoms with E-state index in [1.54, 1.807) is 7.05 Å². The molecule has 0 saturated heterocycles. The molecule has 0 fully saturated rings. The average Bonchev–Trinajstić information content (AvgIpc) is 2.58. The Morgan fingerprint density at radius 1 is 1.08 bits per heavy atom. The van der Waals surface area contributed by atoms with E-state index < -0.39 is 5.97 Å². The summed E-state index contributed by atoms with van der Waals surface area (Å²) in [5, 5.41) is 11.4. The average molecular weight is 326 g/mol. The molecule has 0 aromatic heterocycles. The van der Waals surface area contributed by atoms with Gasteiger partial charge in [0.1, 0.15) is 0 Å². The van der Waals surface area contributed by atoms with Gasteiger partial charge >= 0.3 is 12.0 Å². The maximum absolute atomic E-state index is 11.9. The van der Waals surface area contributed by atoms with Gasteiger partial charge in [-0.05, 0) is 23.6 Å². The molecule has 5 nitrogen and oxygen atoms in total. The molecule has 2 aromatic carbocycles. The predicted molar refractivity (Wildman–Crippen MR) is 93.7 cm³/mol. The van der Waals surface area contributed by atoms with Gasteiger partial charge in [-0.1, -0.05) is 54.1 Å². The van der Waals surface area contributed by atoms with Crippen molar-refractivity contribution in [3.63, 3.8) is 0 Å². The number of hydrogen-bond acceptors (Lipinski definition) is 2. The molecule has 0 saturated carbocycles. The number of rotatable bonds is 6. The minimum absolute atomic E-state index is 0.0604. The summed E-state index contributed by atoms with van der Waals surface area (Å²) in [6.07, 6.45) is -0.0604. The number of carboxylic acid groups (broad SMARTS) is 1. The van der Waals surface area contributed by atoms with E-state index in [1.165, 1.54) is 16.0 Å². The second-order valence-corrected chi connectivity index (χ2v) is 5.79. The standard InChI is InChI=1S/C19H22N2O3/c1-14-4-3-5-17(12-14)16-8-6-15(7-9-16)13-20-19(24)21(2)11-10-18(22)23/h3-9,12H,10-11,13H2,1-2H3,(H,20,24)(H,22,23). The fraction of sp³-hybridized carbons (Fsp3) is 0.263. The molecular formula is C19H22N2O3. The number of carboxylic acids is 1. The lowest BCUT2D eigenvalue weighted by Gasteiger charge is -2.17. The van der Waals surface area contributed by atoms with Gasteiger partial charge in [0.05, 0.1) is 6.42 Å². The molecule has 2 aromatic rings. The molecule has 0 aliphatic carbocycles. The zero-order valence-corrected chi connectivity index (χ0v) is 14.0. The number of urea groups is 1. The number of nitrogens with one attached hydrogen (secondary N) is 1. The third-order valence-corrected chi connectivity index (χ3v) is 3.76. The second-order valence-electron chi connectivity index (χ2n) is 5.79. The van der Waals surface area contributed by atoms with Gasteiger partial charge in [-0.2, -0.15) is 0 Å². The van der Waals surface area contributed by atoms with Crippen LogP contribution >= 0.6 is 0 Å². The van der Waals surface area contributed by atoms with Crippen LogP contribution in [0, 0.1) is 6.92 Å². The van der Waals surface area contributed by atoms with Crippen molar-refractivity contribution >= 4 is 12.0 Å². The monoisotopic (exact) mass is 326 g/mol. The molecule has 2 amide bonds. The number of aliphatic carboxylic acids is 1. The van der Waals surface area contributed by atoms with E-state index in [1.807, 2.05) is 30.3 Å². The summed E-state index contributed by atoms with van der Waals surface area (Å²) < 4.78 is 0. The van der Waals surface area contributed by atoms with Crippen LogP contribution in [0.3, 0.4) is 0 Å². The Kier molecular flexibility index (Phi) is 5.95. The van der Waals surface area contributed by atoms with Gasteiger partial charge in [0, 0.05) is 20.1 Å². The van der Waals surface area contributed by atoms with Gasteiger partial charge in [0.15, 0.2) is 0 Å². The molecular weight excluding hydrogens is 304 g/mol. The van der Waals surface area contributed by atoms with Crippen molar-refractivity contribution in [2.45, 2.75) is 19.9 Å².